The molecule has 27 heavy (non-hydrogen) atoms. The van der Waals surface area contributed by atoms with E-state index in [1.54, 1.807) is 30.4 Å². The van der Waals surface area contributed by atoms with Gasteiger partial charge in [-0.15, -0.1) is 0 Å². The second-order valence-corrected chi connectivity index (χ2v) is 5.97. The lowest BCUT2D eigenvalue weighted by atomic mass is 10.00. The van der Waals surface area contributed by atoms with E-state index < -0.39 is 6.10 Å². The first-order chi connectivity index (χ1) is 12.9. The summed E-state index contributed by atoms with van der Waals surface area (Å²) in [6, 6.07) is 4.69. The number of allylic oxidation sites excluding steroid dienone is 5. The van der Waals surface area contributed by atoms with Gasteiger partial charge in [-0.2, -0.15) is 0 Å². The van der Waals surface area contributed by atoms with E-state index in [9.17, 15) is 19.8 Å². The van der Waals surface area contributed by atoms with Gasteiger partial charge in [0.15, 0.2) is 23.1 Å². The molecule has 1 unspecified atom stereocenters. The van der Waals surface area contributed by atoms with Crippen LogP contribution in [-0.2, 0) is 14.3 Å². The molecule has 0 aromatic heterocycles. The second kappa shape index (κ2) is 9.54. The van der Waals surface area contributed by atoms with Crippen LogP contribution in [0, 0.1) is 0 Å². The van der Waals surface area contributed by atoms with Crippen LogP contribution in [0.25, 0.3) is 6.08 Å². The van der Waals surface area contributed by atoms with Gasteiger partial charge in [0.25, 0.3) is 0 Å². The van der Waals surface area contributed by atoms with Crippen LogP contribution in [-0.4, -0.2) is 42.1 Å². The van der Waals surface area contributed by atoms with E-state index in [1.165, 1.54) is 38.5 Å². The number of rotatable bonds is 8. The zero-order valence-electron chi connectivity index (χ0n) is 15.2. The van der Waals surface area contributed by atoms with Crippen LogP contribution in [0.4, 0.5) is 0 Å². The van der Waals surface area contributed by atoms with Crippen LogP contribution in [0.2, 0.25) is 0 Å². The van der Waals surface area contributed by atoms with Crippen molar-refractivity contribution in [3.05, 3.63) is 65.5 Å². The van der Waals surface area contributed by atoms with Crippen molar-refractivity contribution in [2.24, 2.45) is 0 Å². The van der Waals surface area contributed by atoms with Crippen molar-refractivity contribution in [1.82, 2.24) is 0 Å². The van der Waals surface area contributed by atoms with Gasteiger partial charge in [-0.3, -0.25) is 9.59 Å². The van der Waals surface area contributed by atoms with E-state index in [4.69, 9.17) is 9.47 Å². The van der Waals surface area contributed by atoms with Crippen molar-refractivity contribution in [2.45, 2.75) is 18.9 Å². The lowest BCUT2D eigenvalue weighted by molar-refractivity contribution is -0.121. The molecule has 142 valence electrons. The number of aliphatic hydroxyl groups is 1. The third-order valence-electron chi connectivity index (χ3n) is 4.00. The average molecular weight is 370 g/mol. The number of carbonyl (C=O) groups excluding carboxylic acids is 2. The lowest BCUT2D eigenvalue weighted by Crippen LogP contribution is -2.16. The smallest absolute Gasteiger partial charge is 0.163 e. The fourth-order valence-electron chi connectivity index (χ4n) is 2.49. The zero-order valence-corrected chi connectivity index (χ0v) is 15.2. The topological polar surface area (TPSA) is 93.1 Å². The number of hydrogen-bond donors (Lipinski definition) is 2. The molecule has 0 amide bonds. The second-order valence-electron chi connectivity index (χ2n) is 5.97. The summed E-state index contributed by atoms with van der Waals surface area (Å²) in [5.41, 5.74) is 1.50. The van der Waals surface area contributed by atoms with E-state index in [2.05, 4.69) is 0 Å². The van der Waals surface area contributed by atoms with Gasteiger partial charge < -0.3 is 19.7 Å². The molecule has 2 N–H and O–H groups in total. The molecule has 0 radical (unpaired) electrons. The number of aromatic hydroxyl groups is 1. The Kier molecular flexibility index (Phi) is 7.14. The van der Waals surface area contributed by atoms with E-state index in [1.807, 2.05) is 0 Å². The quantitative estimate of drug-likeness (QED) is 0.539. The van der Waals surface area contributed by atoms with Crippen molar-refractivity contribution in [2.75, 3.05) is 14.2 Å². The Bertz CT molecular complexity index is 829. The summed E-state index contributed by atoms with van der Waals surface area (Å²) in [4.78, 5) is 23.9. The first-order valence-electron chi connectivity index (χ1n) is 8.34. The highest BCUT2D eigenvalue weighted by Crippen LogP contribution is 2.26. The highest BCUT2D eigenvalue weighted by atomic mass is 16.5. The van der Waals surface area contributed by atoms with Crippen molar-refractivity contribution in [3.63, 3.8) is 0 Å². The number of hydrogen-bond acceptors (Lipinski definition) is 6. The normalized spacial score (nSPS) is 17.0. The minimum Gasteiger partial charge on any atom is -0.510 e. The summed E-state index contributed by atoms with van der Waals surface area (Å²) in [6.07, 6.45) is 8.88. The fourth-order valence-corrected chi connectivity index (χ4v) is 2.49. The summed E-state index contributed by atoms with van der Waals surface area (Å²) in [7, 11) is 2.94. The molecule has 1 aromatic rings. The Morgan fingerprint density at radius 3 is 2.48 bits per heavy atom. The largest absolute Gasteiger partial charge is 0.510 e. The Morgan fingerprint density at radius 1 is 1.11 bits per heavy atom. The first kappa shape index (κ1) is 20.2. The molecule has 2 rings (SSSR count). The summed E-state index contributed by atoms with van der Waals surface area (Å²) in [6.45, 7) is 0. The average Bonchev–Trinajstić information content (AvgIpc) is 2.66. The summed E-state index contributed by atoms with van der Waals surface area (Å²) in [5, 5.41) is 19.2. The zero-order chi connectivity index (χ0) is 19.8. The third kappa shape index (κ3) is 5.97. The molecule has 0 spiro atoms. The third-order valence-corrected chi connectivity index (χ3v) is 4.00. The molecule has 1 aliphatic carbocycles. The maximum absolute atomic E-state index is 12.0. The summed E-state index contributed by atoms with van der Waals surface area (Å²) < 4.78 is 10.1. The standard InChI is InChI=1S/C21H22O6/c1-26-20-11-14(5-9-18(20)24)3-7-16(22)13-17(23)8-4-15-6-10-19(25)21(12-15)27-2/h3-11,21,24-25H,12-13H2,1-2H3/b7-3+,8-4+. The number of aliphatic hydroxyl groups excluding tert-OH is 1. The number of ether oxygens (including phenoxy) is 2. The van der Waals surface area contributed by atoms with Gasteiger partial charge >= 0.3 is 0 Å². The van der Waals surface area contributed by atoms with E-state index in [-0.39, 0.29) is 29.5 Å². The summed E-state index contributed by atoms with van der Waals surface area (Å²) >= 11 is 0. The van der Waals surface area contributed by atoms with Crippen molar-refractivity contribution >= 4 is 17.6 Å². The Hall–Kier alpha value is -3.12. The molecule has 0 saturated heterocycles. The highest BCUT2D eigenvalue weighted by Gasteiger charge is 2.17. The minimum absolute atomic E-state index is 0.0113. The van der Waals surface area contributed by atoms with Crippen LogP contribution >= 0.6 is 0 Å². The highest BCUT2D eigenvalue weighted by molar-refractivity contribution is 6.09. The van der Waals surface area contributed by atoms with Gasteiger partial charge in [0, 0.05) is 13.5 Å². The van der Waals surface area contributed by atoms with Crippen LogP contribution in [0.15, 0.2) is 59.9 Å². The Morgan fingerprint density at radius 2 is 1.81 bits per heavy atom. The maximum atomic E-state index is 12.0. The Labute approximate surface area is 157 Å². The monoisotopic (exact) mass is 370 g/mol. The van der Waals surface area contributed by atoms with Gasteiger partial charge in [0.1, 0.15) is 11.9 Å². The van der Waals surface area contributed by atoms with Crippen molar-refractivity contribution < 1.29 is 29.3 Å². The van der Waals surface area contributed by atoms with E-state index >= 15 is 0 Å². The Balaban J connectivity index is 1.91. The molecular weight excluding hydrogens is 348 g/mol. The molecule has 0 aliphatic heterocycles. The van der Waals surface area contributed by atoms with Gasteiger partial charge in [0.2, 0.25) is 0 Å². The lowest BCUT2D eigenvalue weighted by Gasteiger charge is -2.18. The fraction of sp³-hybridized carbons (Fsp3) is 0.238. The van der Waals surface area contributed by atoms with Gasteiger partial charge in [-0.1, -0.05) is 24.3 Å². The number of benzene rings is 1. The van der Waals surface area contributed by atoms with Gasteiger partial charge in [-0.25, -0.2) is 0 Å². The number of methoxy groups -OCH3 is 2. The SMILES string of the molecule is COc1cc(/C=C/C(=O)CC(=O)/C=C/C2=CC=C(O)C(OC)C2)ccc1O. The molecule has 0 heterocycles. The molecule has 6 nitrogen and oxygen atoms in total. The van der Waals surface area contributed by atoms with Crippen LogP contribution in [0.3, 0.4) is 0 Å². The van der Waals surface area contributed by atoms with Crippen LogP contribution in [0.1, 0.15) is 18.4 Å². The molecule has 6 heteroatoms. The number of phenolic OH excluding ortho intramolecular Hbond substituents is 1. The predicted molar refractivity (Wildman–Crippen MR) is 102 cm³/mol. The number of phenols is 1. The van der Waals surface area contributed by atoms with Gasteiger partial charge in [-0.05, 0) is 41.5 Å². The van der Waals surface area contributed by atoms with E-state index in [0.29, 0.717) is 17.7 Å². The summed E-state index contributed by atoms with van der Waals surface area (Å²) in [5.74, 6) is -0.189. The maximum Gasteiger partial charge on any atom is 0.163 e. The van der Waals surface area contributed by atoms with Gasteiger partial charge in [0.05, 0.1) is 13.5 Å². The number of ketones is 2. The van der Waals surface area contributed by atoms with Crippen LogP contribution < -0.4 is 4.74 Å². The molecule has 1 aliphatic rings. The van der Waals surface area contributed by atoms with Crippen LogP contribution in [0.5, 0.6) is 11.5 Å². The molecule has 0 bridgehead atoms. The van der Waals surface area contributed by atoms with Crippen molar-refractivity contribution in [3.8, 4) is 11.5 Å². The molecular formula is C21H22O6. The van der Waals surface area contributed by atoms with Crippen molar-refractivity contribution in [1.29, 1.82) is 0 Å². The minimum atomic E-state index is -0.420. The molecule has 0 saturated carbocycles. The molecule has 1 aromatic carbocycles. The molecule has 1 atom stereocenters. The molecule has 0 fully saturated rings. The first-order valence-corrected chi connectivity index (χ1v) is 8.34. The number of carbonyl (C=O) groups is 2. The van der Waals surface area contributed by atoms with E-state index in [0.717, 1.165) is 5.57 Å². The predicted octanol–water partition coefficient (Wildman–Crippen LogP) is 3.29.